The lowest BCUT2D eigenvalue weighted by atomic mass is 9.98. The van der Waals surface area contributed by atoms with Crippen LogP contribution in [0, 0.1) is 5.92 Å². The Morgan fingerprint density at radius 3 is 2.94 bits per heavy atom. The molecule has 0 saturated carbocycles. The topological polar surface area (TPSA) is 85.8 Å². The highest BCUT2D eigenvalue weighted by Gasteiger charge is 2.27. The van der Waals surface area contributed by atoms with Gasteiger partial charge in [-0.2, -0.15) is 0 Å². The second kappa shape index (κ2) is 4.21. The van der Waals surface area contributed by atoms with E-state index < -0.39 is 0 Å². The number of aromatic nitrogens is 3. The number of fused-ring (bicyclic) bond motifs is 1. The monoisotopic (exact) mass is 223 g/mol. The van der Waals surface area contributed by atoms with Crippen molar-refractivity contribution in [3.63, 3.8) is 0 Å². The molecule has 0 bridgehead atoms. The van der Waals surface area contributed by atoms with E-state index >= 15 is 0 Å². The van der Waals surface area contributed by atoms with Gasteiger partial charge in [-0.05, 0) is 6.42 Å². The average molecular weight is 223 g/mol. The van der Waals surface area contributed by atoms with Gasteiger partial charge in [0.1, 0.15) is 11.6 Å². The molecule has 0 aromatic carbocycles. The van der Waals surface area contributed by atoms with Gasteiger partial charge in [-0.15, -0.1) is 10.2 Å². The molecule has 1 aliphatic heterocycles. The maximum Gasteiger partial charge on any atom is 0.238 e. The maximum atomic E-state index is 11.5. The van der Waals surface area contributed by atoms with Gasteiger partial charge in [-0.25, -0.2) is 5.84 Å². The molecule has 2 heterocycles. The molecular weight excluding hydrogens is 206 g/mol. The maximum absolute atomic E-state index is 11.5. The van der Waals surface area contributed by atoms with Crippen molar-refractivity contribution in [1.29, 1.82) is 0 Å². The first-order chi connectivity index (χ1) is 7.63. The predicted octanol–water partition coefficient (Wildman–Crippen LogP) is -0.0462. The van der Waals surface area contributed by atoms with Crippen LogP contribution in [0.5, 0.6) is 0 Å². The Bertz CT molecular complexity index is 398. The van der Waals surface area contributed by atoms with E-state index in [-0.39, 0.29) is 11.8 Å². The zero-order valence-corrected chi connectivity index (χ0v) is 9.60. The molecule has 1 aliphatic rings. The molecule has 0 radical (unpaired) electrons. The second-order valence-electron chi connectivity index (χ2n) is 4.48. The van der Waals surface area contributed by atoms with E-state index in [9.17, 15) is 4.79 Å². The Hall–Kier alpha value is -1.43. The van der Waals surface area contributed by atoms with Gasteiger partial charge >= 0.3 is 0 Å². The van der Waals surface area contributed by atoms with Crippen LogP contribution < -0.4 is 11.3 Å². The summed E-state index contributed by atoms with van der Waals surface area (Å²) in [5, 5.41) is 8.31. The average Bonchev–Trinajstić information content (AvgIpc) is 2.70. The summed E-state index contributed by atoms with van der Waals surface area (Å²) >= 11 is 0. The van der Waals surface area contributed by atoms with Crippen LogP contribution in [0.4, 0.5) is 0 Å². The summed E-state index contributed by atoms with van der Waals surface area (Å²) in [7, 11) is 0. The van der Waals surface area contributed by atoms with E-state index in [1.54, 1.807) is 0 Å². The molecule has 0 aliphatic carbocycles. The van der Waals surface area contributed by atoms with Crippen molar-refractivity contribution in [3.8, 4) is 0 Å². The van der Waals surface area contributed by atoms with Gasteiger partial charge in [0.15, 0.2) is 0 Å². The van der Waals surface area contributed by atoms with Crippen LogP contribution in [0.1, 0.15) is 37.8 Å². The Morgan fingerprint density at radius 2 is 2.31 bits per heavy atom. The quantitative estimate of drug-likeness (QED) is 0.418. The highest BCUT2D eigenvalue weighted by Crippen LogP contribution is 2.23. The van der Waals surface area contributed by atoms with Crippen molar-refractivity contribution in [2.24, 2.45) is 11.8 Å². The molecule has 0 fully saturated rings. The van der Waals surface area contributed by atoms with Gasteiger partial charge in [-0.1, -0.05) is 13.8 Å². The zero-order chi connectivity index (χ0) is 11.7. The highest BCUT2D eigenvalue weighted by molar-refractivity contribution is 5.78. The van der Waals surface area contributed by atoms with Crippen LogP contribution >= 0.6 is 0 Å². The predicted molar refractivity (Wildman–Crippen MR) is 58.3 cm³/mol. The summed E-state index contributed by atoms with van der Waals surface area (Å²) in [6, 6.07) is 0. The summed E-state index contributed by atoms with van der Waals surface area (Å²) in [5.74, 6) is 7.23. The molecule has 0 unspecified atom stereocenters. The first kappa shape index (κ1) is 11.1. The van der Waals surface area contributed by atoms with Crippen molar-refractivity contribution in [3.05, 3.63) is 11.6 Å². The summed E-state index contributed by atoms with van der Waals surface area (Å²) in [6.45, 7) is 4.78. The summed E-state index contributed by atoms with van der Waals surface area (Å²) in [5.41, 5.74) is 2.21. The molecule has 1 amide bonds. The molecule has 1 aromatic heterocycles. The number of aryl methyl sites for hydroxylation is 1. The van der Waals surface area contributed by atoms with Crippen molar-refractivity contribution in [2.75, 3.05) is 0 Å². The SMILES string of the molecule is CC(C)c1nnc2n1C[C@@H](C(=O)NN)CC2. The van der Waals surface area contributed by atoms with E-state index in [2.05, 4.69) is 29.5 Å². The normalized spacial score (nSPS) is 19.6. The molecule has 0 saturated heterocycles. The largest absolute Gasteiger partial charge is 0.314 e. The molecule has 1 atom stereocenters. The molecule has 3 N–H and O–H groups in total. The van der Waals surface area contributed by atoms with Crippen LogP contribution in [0.3, 0.4) is 0 Å². The van der Waals surface area contributed by atoms with Gasteiger partial charge in [0.25, 0.3) is 0 Å². The smallest absolute Gasteiger partial charge is 0.238 e. The molecule has 16 heavy (non-hydrogen) atoms. The number of carbonyl (C=O) groups is 1. The van der Waals surface area contributed by atoms with E-state index in [0.29, 0.717) is 12.5 Å². The molecule has 88 valence electrons. The summed E-state index contributed by atoms with van der Waals surface area (Å²) < 4.78 is 2.05. The van der Waals surface area contributed by atoms with E-state index in [0.717, 1.165) is 24.5 Å². The van der Waals surface area contributed by atoms with Crippen LogP contribution in [-0.2, 0) is 17.8 Å². The molecule has 0 spiro atoms. The van der Waals surface area contributed by atoms with Crippen molar-refractivity contribution < 1.29 is 4.79 Å². The molecular formula is C10H17N5O. The van der Waals surface area contributed by atoms with E-state index in [1.165, 1.54) is 0 Å². The highest BCUT2D eigenvalue weighted by atomic mass is 16.2. The Labute approximate surface area is 94.2 Å². The molecule has 6 heteroatoms. The third kappa shape index (κ3) is 1.80. The first-order valence-electron chi connectivity index (χ1n) is 5.56. The summed E-state index contributed by atoms with van der Waals surface area (Å²) in [6.07, 6.45) is 1.58. The van der Waals surface area contributed by atoms with Crippen LogP contribution in [0.2, 0.25) is 0 Å². The fraction of sp³-hybridized carbons (Fsp3) is 0.700. The molecule has 6 nitrogen and oxygen atoms in total. The van der Waals surface area contributed by atoms with Crippen molar-refractivity contribution in [1.82, 2.24) is 20.2 Å². The fourth-order valence-electron chi connectivity index (χ4n) is 2.11. The lowest BCUT2D eigenvalue weighted by Gasteiger charge is -2.23. The van der Waals surface area contributed by atoms with Gasteiger partial charge in [0.2, 0.25) is 5.91 Å². The van der Waals surface area contributed by atoms with Crippen molar-refractivity contribution in [2.45, 2.75) is 39.2 Å². The second-order valence-corrected chi connectivity index (χ2v) is 4.48. The molecule has 2 rings (SSSR count). The lowest BCUT2D eigenvalue weighted by Crippen LogP contribution is -2.40. The number of nitrogens with one attached hydrogen (secondary N) is 1. The van der Waals surface area contributed by atoms with Gasteiger partial charge in [0.05, 0.1) is 5.92 Å². The Morgan fingerprint density at radius 1 is 1.56 bits per heavy atom. The number of hydrazine groups is 1. The number of amides is 1. The van der Waals surface area contributed by atoms with Crippen LogP contribution in [0.15, 0.2) is 0 Å². The third-order valence-electron chi connectivity index (χ3n) is 3.00. The van der Waals surface area contributed by atoms with Crippen LogP contribution in [0.25, 0.3) is 0 Å². The number of nitrogens with two attached hydrogens (primary N) is 1. The first-order valence-corrected chi connectivity index (χ1v) is 5.56. The Balaban J connectivity index is 2.24. The number of carbonyl (C=O) groups excluding carboxylic acids is 1. The number of nitrogens with zero attached hydrogens (tertiary/aromatic N) is 3. The van der Waals surface area contributed by atoms with Gasteiger partial charge in [-0.3, -0.25) is 10.2 Å². The third-order valence-corrected chi connectivity index (χ3v) is 3.00. The minimum absolute atomic E-state index is 0.0639. The standard InChI is InChI=1S/C10H17N5O/c1-6(2)9-14-13-8-4-3-7(5-15(8)9)10(16)12-11/h6-7H,3-5,11H2,1-2H3,(H,12,16)/t7-/m0/s1. The van der Waals surface area contributed by atoms with Gasteiger partial charge < -0.3 is 4.57 Å². The summed E-state index contributed by atoms with van der Waals surface area (Å²) in [4.78, 5) is 11.5. The number of rotatable bonds is 2. The minimum atomic E-state index is -0.103. The van der Waals surface area contributed by atoms with Crippen molar-refractivity contribution >= 4 is 5.91 Å². The van der Waals surface area contributed by atoms with E-state index in [1.807, 2.05) is 4.57 Å². The number of hydrogen-bond donors (Lipinski definition) is 2. The Kier molecular flexibility index (Phi) is 2.91. The zero-order valence-electron chi connectivity index (χ0n) is 9.60. The molecule has 1 aromatic rings. The fourth-order valence-corrected chi connectivity index (χ4v) is 2.11. The van der Waals surface area contributed by atoms with Crippen LogP contribution in [-0.4, -0.2) is 20.7 Å². The number of hydrogen-bond acceptors (Lipinski definition) is 4. The minimum Gasteiger partial charge on any atom is -0.314 e. The lowest BCUT2D eigenvalue weighted by molar-refractivity contribution is -0.126. The van der Waals surface area contributed by atoms with E-state index in [4.69, 9.17) is 5.84 Å². The van der Waals surface area contributed by atoms with Gasteiger partial charge in [0, 0.05) is 18.9 Å².